The van der Waals surface area contributed by atoms with Crippen molar-refractivity contribution in [3.8, 4) is 0 Å². The SMILES string of the molecule is CCCC(N)c1ccc2nccn2c1. The molecule has 0 fully saturated rings. The van der Waals surface area contributed by atoms with Gasteiger partial charge >= 0.3 is 0 Å². The van der Waals surface area contributed by atoms with Crippen LogP contribution in [0.15, 0.2) is 30.7 Å². The Morgan fingerprint density at radius 3 is 3.14 bits per heavy atom. The molecule has 3 nitrogen and oxygen atoms in total. The van der Waals surface area contributed by atoms with E-state index in [-0.39, 0.29) is 6.04 Å². The molecule has 1 atom stereocenters. The first-order valence-corrected chi connectivity index (χ1v) is 4.99. The maximum atomic E-state index is 6.03. The molecule has 0 saturated carbocycles. The summed E-state index contributed by atoms with van der Waals surface area (Å²) < 4.78 is 2.00. The van der Waals surface area contributed by atoms with Gasteiger partial charge in [0.05, 0.1) is 0 Å². The standard InChI is InChI=1S/C11H15N3/c1-2-3-10(12)9-4-5-11-13-6-7-14(11)8-9/h4-8,10H,2-3,12H2,1H3. The number of pyridine rings is 1. The van der Waals surface area contributed by atoms with Gasteiger partial charge in [-0.2, -0.15) is 0 Å². The lowest BCUT2D eigenvalue weighted by molar-refractivity contribution is 0.635. The van der Waals surface area contributed by atoms with E-state index in [0.29, 0.717) is 0 Å². The van der Waals surface area contributed by atoms with E-state index in [9.17, 15) is 0 Å². The Kier molecular flexibility index (Phi) is 2.50. The molecule has 0 spiro atoms. The van der Waals surface area contributed by atoms with Crippen molar-refractivity contribution in [1.29, 1.82) is 0 Å². The van der Waals surface area contributed by atoms with Gasteiger partial charge in [-0.15, -0.1) is 0 Å². The van der Waals surface area contributed by atoms with E-state index in [1.165, 1.54) is 5.56 Å². The minimum Gasteiger partial charge on any atom is -0.324 e. The molecular formula is C11H15N3. The lowest BCUT2D eigenvalue weighted by Gasteiger charge is -2.10. The summed E-state index contributed by atoms with van der Waals surface area (Å²) >= 11 is 0. The van der Waals surface area contributed by atoms with E-state index in [1.807, 2.05) is 16.7 Å². The van der Waals surface area contributed by atoms with Crippen LogP contribution in [0.2, 0.25) is 0 Å². The normalized spacial score (nSPS) is 13.3. The van der Waals surface area contributed by atoms with Gasteiger partial charge in [0.15, 0.2) is 0 Å². The van der Waals surface area contributed by atoms with Gasteiger partial charge < -0.3 is 10.1 Å². The zero-order valence-electron chi connectivity index (χ0n) is 8.35. The highest BCUT2D eigenvalue weighted by Crippen LogP contribution is 2.15. The third kappa shape index (κ3) is 1.63. The summed E-state index contributed by atoms with van der Waals surface area (Å²) in [5.74, 6) is 0. The summed E-state index contributed by atoms with van der Waals surface area (Å²) in [4.78, 5) is 4.19. The summed E-state index contributed by atoms with van der Waals surface area (Å²) in [5, 5.41) is 0. The maximum absolute atomic E-state index is 6.03. The van der Waals surface area contributed by atoms with Crippen molar-refractivity contribution < 1.29 is 0 Å². The molecule has 2 N–H and O–H groups in total. The molecule has 3 heteroatoms. The second-order valence-corrected chi connectivity index (χ2v) is 3.55. The van der Waals surface area contributed by atoms with Crippen molar-refractivity contribution in [2.24, 2.45) is 5.73 Å². The quantitative estimate of drug-likeness (QED) is 0.803. The van der Waals surface area contributed by atoms with Crippen LogP contribution in [0.1, 0.15) is 31.4 Å². The first kappa shape index (κ1) is 9.21. The van der Waals surface area contributed by atoms with Gasteiger partial charge in [0.2, 0.25) is 0 Å². The first-order valence-electron chi connectivity index (χ1n) is 4.99. The molecule has 14 heavy (non-hydrogen) atoms. The Hall–Kier alpha value is -1.35. The van der Waals surface area contributed by atoms with E-state index in [2.05, 4.69) is 24.2 Å². The number of hydrogen-bond acceptors (Lipinski definition) is 2. The summed E-state index contributed by atoms with van der Waals surface area (Å²) in [7, 11) is 0. The van der Waals surface area contributed by atoms with E-state index < -0.39 is 0 Å². The third-order valence-corrected chi connectivity index (χ3v) is 2.44. The number of nitrogens with two attached hydrogens (primary N) is 1. The van der Waals surface area contributed by atoms with Crippen LogP contribution < -0.4 is 5.73 Å². The Labute approximate surface area is 83.6 Å². The topological polar surface area (TPSA) is 43.3 Å². The first-order chi connectivity index (χ1) is 6.81. The van der Waals surface area contributed by atoms with Crippen LogP contribution in [0, 0.1) is 0 Å². The highest BCUT2D eigenvalue weighted by Gasteiger charge is 2.05. The molecule has 0 bridgehead atoms. The van der Waals surface area contributed by atoms with E-state index >= 15 is 0 Å². The monoisotopic (exact) mass is 189 g/mol. The van der Waals surface area contributed by atoms with Crippen LogP contribution in [0.5, 0.6) is 0 Å². The molecule has 74 valence electrons. The van der Waals surface area contributed by atoms with Crippen LogP contribution in [0.25, 0.3) is 5.65 Å². The highest BCUT2D eigenvalue weighted by molar-refractivity contribution is 5.39. The minimum absolute atomic E-state index is 0.145. The van der Waals surface area contributed by atoms with E-state index in [0.717, 1.165) is 18.5 Å². The van der Waals surface area contributed by atoms with Gasteiger partial charge in [-0.3, -0.25) is 0 Å². The Morgan fingerprint density at radius 1 is 1.50 bits per heavy atom. The Morgan fingerprint density at radius 2 is 2.36 bits per heavy atom. The third-order valence-electron chi connectivity index (χ3n) is 2.44. The number of nitrogens with zero attached hydrogens (tertiary/aromatic N) is 2. The molecule has 2 heterocycles. The summed E-state index contributed by atoms with van der Waals surface area (Å²) in [6.07, 6.45) is 7.94. The zero-order valence-corrected chi connectivity index (χ0v) is 8.35. The van der Waals surface area contributed by atoms with Crippen molar-refractivity contribution >= 4 is 5.65 Å². The van der Waals surface area contributed by atoms with Gasteiger partial charge in [-0.05, 0) is 18.1 Å². The molecule has 0 aliphatic rings. The largest absolute Gasteiger partial charge is 0.324 e. The molecule has 0 amide bonds. The number of rotatable bonds is 3. The van der Waals surface area contributed by atoms with Crippen LogP contribution in [-0.2, 0) is 0 Å². The fourth-order valence-corrected chi connectivity index (χ4v) is 1.63. The molecule has 0 saturated heterocycles. The molecule has 1 unspecified atom stereocenters. The molecule has 2 rings (SSSR count). The summed E-state index contributed by atoms with van der Waals surface area (Å²) in [5.41, 5.74) is 8.18. The molecule has 0 radical (unpaired) electrons. The van der Waals surface area contributed by atoms with Gasteiger partial charge in [0.1, 0.15) is 5.65 Å². The number of fused-ring (bicyclic) bond motifs is 1. The molecule has 0 aliphatic carbocycles. The summed E-state index contributed by atoms with van der Waals surface area (Å²) in [6.45, 7) is 2.15. The maximum Gasteiger partial charge on any atom is 0.136 e. The van der Waals surface area contributed by atoms with Crippen LogP contribution >= 0.6 is 0 Å². The Bertz CT molecular complexity index is 419. The predicted molar refractivity (Wildman–Crippen MR) is 57.0 cm³/mol. The van der Waals surface area contributed by atoms with E-state index in [1.54, 1.807) is 6.20 Å². The van der Waals surface area contributed by atoms with Crippen molar-refractivity contribution in [3.63, 3.8) is 0 Å². The number of aromatic nitrogens is 2. The van der Waals surface area contributed by atoms with Crippen LogP contribution in [-0.4, -0.2) is 9.38 Å². The molecule has 2 aromatic rings. The second-order valence-electron chi connectivity index (χ2n) is 3.55. The summed E-state index contributed by atoms with van der Waals surface area (Å²) in [6, 6.07) is 4.21. The smallest absolute Gasteiger partial charge is 0.136 e. The number of hydrogen-bond donors (Lipinski definition) is 1. The Balaban J connectivity index is 2.33. The average molecular weight is 189 g/mol. The average Bonchev–Trinajstić information content (AvgIpc) is 2.64. The van der Waals surface area contributed by atoms with Gasteiger partial charge in [-0.25, -0.2) is 4.98 Å². The molecule has 2 aromatic heterocycles. The molecule has 0 aromatic carbocycles. The zero-order chi connectivity index (χ0) is 9.97. The van der Waals surface area contributed by atoms with Crippen molar-refractivity contribution in [1.82, 2.24) is 9.38 Å². The van der Waals surface area contributed by atoms with E-state index in [4.69, 9.17) is 5.73 Å². The van der Waals surface area contributed by atoms with Crippen LogP contribution in [0.3, 0.4) is 0 Å². The molecular weight excluding hydrogens is 174 g/mol. The predicted octanol–water partition coefficient (Wildman–Crippen LogP) is 2.13. The highest BCUT2D eigenvalue weighted by atomic mass is 15.0. The number of imidazole rings is 1. The second kappa shape index (κ2) is 3.80. The fourth-order valence-electron chi connectivity index (χ4n) is 1.63. The van der Waals surface area contributed by atoms with Gasteiger partial charge in [0.25, 0.3) is 0 Å². The fraction of sp³-hybridized carbons (Fsp3) is 0.364. The van der Waals surface area contributed by atoms with Crippen LogP contribution in [0.4, 0.5) is 0 Å². The van der Waals surface area contributed by atoms with Crippen molar-refractivity contribution in [3.05, 3.63) is 36.3 Å². The minimum atomic E-state index is 0.145. The lowest BCUT2D eigenvalue weighted by Crippen LogP contribution is -2.10. The van der Waals surface area contributed by atoms with Gasteiger partial charge in [-0.1, -0.05) is 19.4 Å². The lowest BCUT2D eigenvalue weighted by atomic mass is 10.1. The van der Waals surface area contributed by atoms with Crippen molar-refractivity contribution in [2.45, 2.75) is 25.8 Å². The van der Waals surface area contributed by atoms with Crippen molar-refractivity contribution in [2.75, 3.05) is 0 Å². The van der Waals surface area contributed by atoms with Gasteiger partial charge in [0, 0.05) is 24.6 Å². The molecule has 0 aliphatic heterocycles.